The number of esters is 1. The summed E-state index contributed by atoms with van der Waals surface area (Å²) in [5.41, 5.74) is 3.24. The van der Waals surface area contributed by atoms with Gasteiger partial charge in [-0.1, -0.05) is 18.2 Å². The minimum Gasteiger partial charge on any atom is -0.452 e. The Hall–Kier alpha value is -3.74. The molecule has 0 N–H and O–H groups in total. The van der Waals surface area contributed by atoms with Crippen LogP contribution in [0, 0.1) is 19.7 Å². The van der Waals surface area contributed by atoms with Crippen molar-refractivity contribution in [2.75, 3.05) is 0 Å². The van der Waals surface area contributed by atoms with Crippen LogP contribution in [-0.2, 0) is 11.3 Å². The summed E-state index contributed by atoms with van der Waals surface area (Å²) in [6, 6.07) is 15.4. The quantitative estimate of drug-likeness (QED) is 0.464. The Balaban J connectivity index is 1.48. The highest BCUT2D eigenvalue weighted by Gasteiger charge is 2.21. The zero-order chi connectivity index (χ0) is 20.4. The van der Waals surface area contributed by atoms with Gasteiger partial charge in [-0.2, -0.15) is 5.10 Å². The molecule has 0 radical (unpaired) electrons. The Morgan fingerprint density at radius 3 is 2.55 bits per heavy atom. The molecule has 4 rings (SSSR count). The van der Waals surface area contributed by atoms with Crippen molar-refractivity contribution in [3.05, 3.63) is 89.5 Å². The topological polar surface area (TPSA) is 70.2 Å². The largest absolute Gasteiger partial charge is 0.452 e. The van der Waals surface area contributed by atoms with E-state index in [4.69, 9.17) is 9.15 Å². The van der Waals surface area contributed by atoms with E-state index in [9.17, 15) is 9.18 Å². The van der Waals surface area contributed by atoms with E-state index in [0.717, 1.165) is 5.69 Å². The number of benzene rings is 2. The van der Waals surface area contributed by atoms with E-state index in [-0.39, 0.29) is 18.3 Å². The minimum atomic E-state index is -0.497. The third-order valence-electron chi connectivity index (χ3n) is 4.51. The van der Waals surface area contributed by atoms with Crippen LogP contribution in [0.2, 0.25) is 0 Å². The van der Waals surface area contributed by atoms with Gasteiger partial charge in [-0.15, -0.1) is 0 Å². The Labute approximate surface area is 166 Å². The predicted molar refractivity (Wildman–Crippen MR) is 104 cm³/mol. The highest BCUT2D eigenvalue weighted by molar-refractivity contribution is 5.92. The third-order valence-corrected chi connectivity index (χ3v) is 4.51. The Morgan fingerprint density at radius 1 is 1.10 bits per heavy atom. The lowest BCUT2D eigenvalue weighted by Gasteiger charge is -2.05. The molecule has 146 valence electrons. The van der Waals surface area contributed by atoms with Crippen molar-refractivity contribution in [3.8, 4) is 17.0 Å². The van der Waals surface area contributed by atoms with Gasteiger partial charge >= 0.3 is 5.97 Å². The Morgan fingerprint density at radius 2 is 1.83 bits per heavy atom. The summed E-state index contributed by atoms with van der Waals surface area (Å²) in [6.07, 6.45) is 1.51. The summed E-state index contributed by atoms with van der Waals surface area (Å²) in [6.45, 7) is 3.47. The van der Waals surface area contributed by atoms with Crippen molar-refractivity contribution in [2.45, 2.75) is 20.5 Å². The second kappa shape index (κ2) is 7.71. The molecule has 0 fully saturated rings. The van der Waals surface area contributed by atoms with Crippen molar-refractivity contribution in [1.29, 1.82) is 0 Å². The van der Waals surface area contributed by atoms with Gasteiger partial charge in [-0.3, -0.25) is 0 Å². The van der Waals surface area contributed by atoms with Crippen LogP contribution >= 0.6 is 0 Å². The number of oxazole rings is 1. The number of ether oxygens (including phenoxy) is 1. The van der Waals surface area contributed by atoms with Crippen molar-refractivity contribution in [1.82, 2.24) is 14.8 Å². The second-order valence-corrected chi connectivity index (χ2v) is 6.49. The molecule has 0 spiro atoms. The van der Waals surface area contributed by atoms with Crippen molar-refractivity contribution in [3.63, 3.8) is 0 Å². The monoisotopic (exact) mass is 391 g/mol. The normalized spacial score (nSPS) is 10.9. The highest BCUT2D eigenvalue weighted by Crippen LogP contribution is 2.22. The van der Waals surface area contributed by atoms with Gasteiger partial charge in [0.15, 0.2) is 12.4 Å². The number of carbonyl (C=O) groups is 1. The fraction of sp³-hybridized carbons (Fsp3) is 0.136. The lowest BCUT2D eigenvalue weighted by molar-refractivity contribution is 0.0437. The first-order valence-corrected chi connectivity index (χ1v) is 9.02. The van der Waals surface area contributed by atoms with Crippen molar-refractivity contribution < 1.29 is 18.3 Å². The molecule has 0 atom stereocenters. The number of carbonyl (C=O) groups excluding carboxylic acids is 1. The molecule has 0 bridgehead atoms. The van der Waals surface area contributed by atoms with Crippen LogP contribution in [0.5, 0.6) is 0 Å². The zero-order valence-electron chi connectivity index (χ0n) is 15.9. The molecule has 2 aromatic carbocycles. The summed E-state index contributed by atoms with van der Waals surface area (Å²) >= 11 is 0. The maximum Gasteiger partial charge on any atom is 0.342 e. The number of aryl methyl sites for hydroxylation is 1. The van der Waals surface area contributed by atoms with Gasteiger partial charge in [0.2, 0.25) is 5.89 Å². The van der Waals surface area contributed by atoms with Crippen LogP contribution in [0.4, 0.5) is 4.39 Å². The van der Waals surface area contributed by atoms with Crippen LogP contribution in [0.1, 0.15) is 27.6 Å². The molecule has 7 heteroatoms. The standard InChI is InChI=1S/C22H18FN3O3/c1-14-21(15(2)26(25-14)18-6-4-3-5-7-18)22(27)28-13-20-24-12-19(29-20)16-8-10-17(23)11-9-16/h3-12H,13H2,1-2H3. The minimum absolute atomic E-state index is 0.116. The summed E-state index contributed by atoms with van der Waals surface area (Å²) in [7, 11) is 0. The van der Waals surface area contributed by atoms with Crippen molar-refractivity contribution >= 4 is 5.97 Å². The van der Waals surface area contributed by atoms with E-state index < -0.39 is 5.97 Å². The van der Waals surface area contributed by atoms with E-state index in [0.29, 0.717) is 28.3 Å². The van der Waals surface area contributed by atoms with Gasteiger partial charge in [-0.25, -0.2) is 18.9 Å². The van der Waals surface area contributed by atoms with E-state index >= 15 is 0 Å². The van der Waals surface area contributed by atoms with Crippen LogP contribution in [0.25, 0.3) is 17.0 Å². The molecule has 29 heavy (non-hydrogen) atoms. The molecule has 0 amide bonds. The fourth-order valence-electron chi connectivity index (χ4n) is 3.08. The molecule has 6 nitrogen and oxygen atoms in total. The highest BCUT2D eigenvalue weighted by atomic mass is 19.1. The average Bonchev–Trinajstić information content (AvgIpc) is 3.32. The van der Waals surface area contributed by atoms with E-state index in [1.807, 2.05) is 37.3 Å². The molecule has 0 saturated heterocycles. The van der Waals surface area contributed by atoms with Gasteiger partial charge in [0, 0.05) is 5.56 Å². The van der Waals surface area contributed by atoms with Crippen LogP contribution in [-0.4, -0.2) is 20.7 Å². The van der Waals surface area contributed by atoms with Crippen LogP contribution < -0.4 is 0 Å². The number of hydrogen-bond donors (Lipinski definition) is 0. The maximum absolute atomic E-state index is 13.0. The lowest BCUT2D eigenvalue weighted by Crippen LogP contribution is -2.08. The van der Waals surface area contributed by atoms with Gasteiger partial charge in [0.25, 0.3) is 0 Å². The molecule has 0 aliphatic carbocycles. The molecule has 0 saturated carbocycles. The molecule has 0 aliphatic heterocycles. The SMILES string of the molecule is Cc1nn(-c2ccccc2)c(C)c1C(=O)OCc1ncc(-c2ccc(F)cc2)o1. The molecule has 2 heterocycles. The zero-order valence-corrected chi connectivity index (χ0v) is 15.9. The summed E-state index contributed by atoms with van der Waals surface area (Å²) in [5.74, 6) is -0.100. The molecule has 2 aromatic heterocycles. The average molecular weight is 391 g/mol. The smallest absolute Gasteiger partial charge is 0.342 e. The molecule has 4 aromatic rings. The Kier molecular flexibility index (Phi) is 4.95. The van der Waals surface area contributed by atoms with Gasteiger partial charge in [0.1, 0.15) is 11.4 Å². The van der Waals surface area contributed by atoms with Crippen molar-refractivity contribution in [2.24, 2.45) is 0 Å². The lowest BCUT2D eigenvalue weighted by atomic mass is 10.2. The first-order valence-electron chi connectivity index (χ1n) is 9.02. The molecule has 0 unspecified atom stereocenters. The maximum atomic E-state index is 13.0. The van der Waals surface area contributed by atoms with E-state index in [2.05, 4.69) is 10.1 Å². The fourth-order valence-corrected chi connectivity index (χ4v) is 3.08. The van der Waals surface area contributed by atoms with Gasteiger partial charge in [-0.05, 0) is 50.2 Å². The number of nitrogens with zero attached hydrogens (tertiary/aromatic N) is 3. The summed E-state index contributed by atoms with van der Waals surface area (Å²) in [5, 5.41) is 4.45. The number of rotatable bonds is 5. The first kappa shape index (κ1) is 18.6. The molecular weight excluding hydrogens is 373 g/mol. The number of para-hydroxylation sites is 1. The number of hydrogen-bond acceptors (Lipinski definition) is 5. The van der Waals surface area contributed by atoms with Crippen LogP contribution in [0.3, 0.4) is 0 Å². The molecule has 0 aliphatic rings. The van der Waals surface area contributed by atoms with E-state index in [1.54, 1.807) is 23.7 Å². The summed E-state index contributed by atoms with van der Waals surface area (Å²) in [4.78, 5) is 16.8. The van der Waals surface area contributed by atoms with Crippen LogP contribution in [0.15, 0.2) is 65.2 Å². The van der Waals surface area contributed by atoms with E-state index in [1.165, 1.54) is 18.3 Å². The molecular formula is C22H18FN3O3. The number of aromatic nitrogens is 3. The Bertz CT molecular complexity index is 1150. The first-order chi connectivity index (χ1) is 14.0. The predicted octanol–water partition coefficient (Wildman–Crippen LogP) is 4.64. The summed E-state index contributed by atoms with van der Waals surface area (Å²) < 4.78 is 25.7. The second-order valence-electron chi connectivity index (χ2n) is 6.49. The third kappa shape index (κ3) is 3.80. The van der Waals surface area contributed by atoms with Gasteiger partial charge in [0.05, 0.1) is 23.3 Å². The number of halogens is 1. The van der Waals surface area contributed by atoms with Gasteiger partial charge < -0.3 is 9.15 Å².